The molecule has 3 saturated heterocycles. The van der Waals surface area contributed by atoms with Gasteiger partial charge in [-0.3, -0.25) is 0 Å². The summed E-state index contributed by atoms with van der Waals surface area (Å²) in [6.45, 7) is 2.69. The second kappa shape index (κ2) is 2.74. The van der Waals surface area contributed by atoms with Crippen molar-refractivity contribution in [1.82, 2.24) is 4.90 Å². The molecule has 0 amide bonds. The summed E-state index contributed by atoms with van der Waals surface area (Å²) in [4.78, 5) is 2.50. The van der Waals surface area contributed by atoms with Crippen molar-refractivity contribution >= 4 is 11.8 Å². The summed E-state index contributed by atoms with van der Waals surface area (Å²) in [7, 11) is 2.26. The van der Waals surface area contributed by atoms with Crippen LogP contribution in [-0.2, 0) is 0 Å². The van der Waals surface area contributed by atoms with E-state index in [4.69, 9.17) is 0 Å². The molecule has 2 heteroatoms. The van der Waals surface area contributed by atoms with Gasteiger partial charge in [-0.1, -0.05) is 0 Å². The predicted molar refractivity (Wildman–Crippen MR) is 46.5 cm³/mol. The highest BCUT2D eigenvalue weighted by molar-refractivity contribution is 8.00. The molecule has 0 saturated carbocycles. The molecule has 3 fully saturated rings. The van der Waals surface area contributed by atoms with Crippen LogP contribution >= 0.6 is 11.8 Å². The number of nitrogens with zero attached hydrogens (tertiary/aromatic N) is 1. The molecular weight excluding hydrogens is 142 g/mol. The largest absolute Gasteiger partial charge is 0.305 e. The maximum atomic E-state index is 2.50. The minimum atomic E-state index is 0.962. The zero-order valence-electron chi connectivity index (χ0n) is 6.55. The molecule has 3 aliphatic heterocycles. The van der Waals surface area contributed by atoms with Crippen LogP contribution in [0.4, 0.5) is 0 Å². The lowest BCUT2D eigenvalue weighted by molar-refractivity contribution is 0.320. The van der Waals surface area contributed by atoms with Crippen molar-refractivity contribution < 1.29 is 0 Å². The second-order valence-corrected chi connectivity index (χ2v) is 4.95. The Kier molecular flexibility index (Phi) is 1.92. The maximum Gasteiger partial charge on any atom is 0.0175 e. The van der Waals surface area contributed by atoms with Crippen LogP contribution in [0.1, 0.15) is 12.8 Å². The van der Waals surface area contributed by atoms with E-state index in [1.165, 1.54) is 31.7 Å². The number of hydrogen-bond donors (Lipinski definition) is 0. The first-order valence-electron chi connectivity index (χ1n) is 4.15. The Morgan fingerprint density at radius 3 is 2.90 bits per heavy atom. The quantitative estimate of drug-likeness (QED) is 0.523. The van der Waals surface area contributed by atoms with Gasteiger partial charge in [-0.05, 0) is 31.6 Å². The van der Waals surface area contributed by atoms with E-state index >= 15 is 0 Å². The maximum absolute atomic E-state index is 2.50. The summed E-state index contributed by atoms with van der Waals surface area (Å²) >= 11 is 2.20. The van der Waals surface area contributed by atoms with Gasteiger partial charge in [-0.15, -0.1) is 0 Å². The predicted octanol–water partition coefficient (Wildman–Crippen LogP) is 1.44. The van der Waals surface area contributed by atoms with Crippen LogP contribution in [0.2, 0.25) is 0 Å². The Bertz CT molecular complexity index is 104. The third-order valence-corrected chi connectivity index (χ3v) is 4.07. The molecule has 58 valence electrons. The molecule has 3 rings (SSSR count). The first-order chi connectivity index (χ1) is 4.84. The van der Waals surface area contributed by atoms with E-state index in [9.17, 15) is 0 Å². The highest BCUT2D eigenvalue weighted by Crippen LogP contribution is 2.33. The zero-order valence-corrected chi connectivity index (χ0v) is 7.36. The van der Waals surface area contributed by atoms with E-state index in [2.05, 4.69) is 23.7 Å². The molecule has 3 heterocycles. The van der Waals surface area contributed by atoms with Crippen LogP contribution in [0.15, 0.2) is 0 Å². The molecule has 0 radical (unpaired) electrons. The zero-order chi connectivity index (χ0) is 6.97. The van der Waals surface area contributed by atoms with Gasteiger partial charge in [0, 0.05) is 18.3 Å². The fourth-order valence-electron chi connectivity index (χ4n) is 2.01. The van der Waals surface area contributed by atoms with Crippen molar-refractivity contribution in [3.8, 4) is 0 Å². The van der Waals surface area contributed by atoms with Crippen molar-refractivity contribution in [2.24, 2.45) is 5.92 Å². The van der Waals surface area contributed by atoms with E-state index < -0.39 is 0 Å². The van der Waals surface area contributed by atoms with E-state index in [1.807, 2.05) is 0 Å². The van der Waals surface area contributed by atoms with Gasteiger partial charge < -0.3 is 4.90 Å². The summed E-state index contributed by atoms with van der Waals surface area (Å²) < 4.78 is 0. The summed E-state index contributed by atoms with van der Waals surface area (Å²) in [5.41, 5.74) is 0. The average molecular weight is 157 g/mol. The third-order valence-electron chi connectivity index (χ3n) is 2.55. The highest BCUT2D eigenvalue weighted by Gasteiger charge is 2.27. The molecule has 0 N–H and O–H groups in total. The number of rotatable bonds is 0. The highest BCUT2D eigenvalue weighted by atomic mass is 32.2. The third kappa shape index (κ3) is 1.32. The molecule has 0 aliphatic carbocycles. The summed E-state index contributed by atoms with van der Waals surface area (Å²) in [5.74, 6) is 2.43. The summed E-state index contributed by atoms with van der Waals surface area (Å²) in [6.07, 6.45) is 2.96. The fraction of sp³-hybridized carbons (Fsp3) is 1.00. The SMILES string of the molecule is CN1CC2CCC(C1)SC2. The van der Waals surface area contributed by atoms with Crippen LogP contribution in [0.5, 0.6) is 0 Å². The number of thioether (sulfide) groups is 1. The fourth-order valence-corrected chi connectivity index (χ4v) is 3.49. The molecule has 10 heavy (non-hydrogen) atoms. The minimum absolute atomic E-state index is 0.962. The van der Waals surface area contributed by atoms with Gasteiger partial charge in [0.1, 0.15) is 0 Å². The van der Waals surface area contributed by atoms with Crippen LogP contribution in [0.3, 0.4) is 0 Å². The molecule has 0 aromatic carbocycles. The van der Waals surface area contributed by atoms with Crippen LogP contribution in [0, 0.1) is 5.92 Å². The topological polar surface area (TPSA) is 3.24 Å². The van der Waals surface area contributed by atoms with Crippen molar-refractivity contribution in [1.29, 1.82) is 0 Å². The summed E-state index contributed by atoms with van der Waals surface area (Å²) in [5, 5.41) is 0.962. The minimum Gasteiger partial charge on any atom is -0.305 e. The molecular formula is C8H15NS. The molecule has 0 aromatic heterocycles. The summed E-state index contributed by atoms with van der Waals surface area (Å²) in [6, 6.07) is 0. The Morgan fingerprint density at radius 2 is 2.20 bits per heavy atom. The molecule has 0 spiro atoms. The Balaban J connectivity index is 2.05. The first kappa shape index (κ1) is 6.99. The Morgan fingerprint density at radius 1 is 1.30 bits per heavy atom. The van der Waals surface area contributed by atoms with Gasteiger partial charge in [-0.25, -0.2) is 0 Å². The van der Waals surface area contributed by atoms with Gasteiger partial charge in [-0.2, -0.15) is 11.8 Å². The van der Waals surface area contributed by atoms with Gasteiger partial charge in [0.05, 0.1) is 0 Å². The smallest absolute Gasteiger partial charge is 0.0175 e. The van der Waals surface area contributed by atoms with E-state index in [1.54, 1.807) is 0 Å². The second-order valence-electron chi connectivity index (χ2n) is 3.62. The molecule has 2 unspecified atom stereocenters. The molecule has 2 bridgehead atoms. The molecule has 2 atom stereocenters. The van der Waals surface area contributed by atoms with E-state index in [0.29, 0.717) is 0 Å². The molecule has 1 nitrogen and oxygen atoms in total. The standard InChI is InChI=1S/C8H15NS/c1-9-4-7-2-3-8(5-9)10-6-7/h7-8H,2-6H2,1H3. The van der Waals surface area contributed by atoms with Crippen molar-refractivity contribution in [2.45, 2.75) is 18.1 Å². The number of hydrogen-bond acceptors (Lipinski definition) is 2. The first-order valence-corrected chi connectivity index (χ1v) is 5.19. The lowest BCUT2D eigenvalue weighted by Gasteiger charge is -2.20. The monoisotopic (exact) mass is 157 g/mol. The van der Waals surface area contributed by atoms with Gasteiger partial charge in [0.25, 0.3) is 0 Å². The van der Waals surface area contributed by atoms with Crippen molar-refractivity contribution in [3.05, 3.63) is 0 Å². The van der Waals surface area contributed by atoms with Crippen molar-refractivity contribution in [3.63, 3.8) is 0 Å². The van der Waals surface area contributed by atoms with Gasteiger partial charge in [0.15, 0.2) is 0 Å². The molecule has 3 aliphatic rings. The van der Waals surface area contributed by atoms with Crippen LogP contribution in [0.25, 0.3) is 0 Å². The lowest BCUT2D eigenvalue weighted by atomic mass is 10.1. The van der Waals surface area contributed by atoms with E-state index in [-0.39, 0.29) is 0 Å². The van der Waals surface area contributed by atoms with Crippen LogP contribution < -0.4 is 0 Å². The number of fused-ring (bicyclic) bond motifs is 4. The average Bonchev–Trinajstić information content (AvgIpc) is 2.17. The van der Waals surface area contributed by atoms with Gasteiger partial charge >= 0.3 is 0 Å². The van der Waals surface area contributed by atoms with Crippen LogP contribution in [-0.4, -0.2) is 36.0 Å². The normalized spacial score (nSPS) is 41.7. The Hall–Kier alpha value is 0.310. The lowest BCUT2D eigenvalue weighted by Crippen LogP contribution is -2.24. The van der Waals surface area contributed by atoms with E-state index in [0.717, 1.165) is 11.2 Å². The van der Waals surface area contributed by atoms with Crippen molar-refractivity contribution in [2.75, 3.05) is 25.9 Å². The van der Waals surface area contributed by atoms with Gasteiger partial charge in [0.2, 0.25) is 0 Å². The Labute approximate surface area is 67.2 Å². The molecule has 0 aromatic rings.